The smallest absolute Gasteiger partial charge is 0.190 e. The summed E-state index contributed by atoms with van der Waals surface area (Å²) in [5, 5.41) is 0. The van der Waals surface area contributed by atoms with Gasteiger partial charge < -0.3 is 0 Å². The van der Waals surface area contributed by atoms with Crippen LogP contribution >= 0.6 is 0 Å². The first kappa shape index (κ1) is 6.42. The molecule has 11 heavy (non-hydrogen) atoms. The molecule has 54 valence electrons. The first-order valence-corrected chi connectivity index (χ1v) is 3.90. The molecule has 1 heteroatoms. The molecule has 1 nitrogen and oxygen atoms in total. The Morgan fingerprint density at radius 1 is 1.27 bits per heavy atom. The highest BCUT2D eigenvalue weighted by molar-refractivity contribution is 5.57. The Balaban J connectivity index is 2.61. The van der Waals surface area contributed by atoms with Crippen molar-refractivity contribution in [1.29, 1.82) is 0 Å². The maximum Gasteiger partial charge on any atom is 0.190 e. The largest absolute Gasteiger partial charge is 0.238 e. The molecular formula is C10H9N. The number of hydrogen-bond acceptors (Lipinski definition) is 0. The lowest BCUT2D eigenvalue weighted by atomic mass is 10.1. The lowest BCUT2D eigenvalue weighted by Crippen LogP contribution is -1.79. The average Bonchev–Trinajstić information content (AvgIpc) is 2.50. The molecule has 0 fully saturated rings. The minimum absolute atomic E-state index is 0.861. The van der Waals surface area contributed by atoms with E-state index in [9.17, 15) is 0 Å². The Bertz CT molecular complexity index is 320. The lowest BCUT2D eigenvalue weighted by Gasteiger charge is -1.98. The highest BCUT2D eigenvalue weighted by Crippen LogP contribution is 2.30. The van der Waals surface area contributed by atoms with Crippen LogP contribution in [0.2, 0.25) is 0 Å². The van der Waals surface area contributed by atoms with Crippen LogP contribution in [-0.4, -0.2) is 0 Å². The summed E-state index contributed by atoms with van der Waals surface area (Å²) in [5.41, 5.74) is 3.54. The number of fused-ring (bicyclic) bond motifs is 1. The molecule has 0 spiro atoms. The van der Waals surface area contributed by atoms with Crippen LogP contribution in [0.15, 0.2) is 18.2 Å². The zero-order chi connectivity index (χ0) is 7.68. The van der Waals surface area contributed by atoms with Gasteiger partial charge in [-0.25, -0.2) is 4.85 Å². The SMILES string of the molecule is [C-]#[N+]c1cccc2c1CCC2. The van der Waals surface area contributed by atoms with Gasteiger partial charge in [-0.2, -0.15) is 0 Å². The molecule has 0 bridgehead atoms. The third-order valence-electron chi connectivity index (χ3n) is 2.24. The van der Waals surface area contributed by atoms with Crippen LogP contribution in [-0.2, 0) is 12.8 Å². The van der Waals surface area contributed by atoms with E-state index >= 15 is 0 Å². The molecule has 0 saturated carbocycles. The van der Waals surface area contributed by atoms with Gasteiger partial charge in [-0.05, 0) is 24.8 Å². The van der Waals surface area contributed by atoms with Crippen LogP contribution in [0.25, 0.3) is 4.85 Å². The summed E-state index contributed by atoms with van der Waals surface area (Å²) >= 11 is 0. The number of nitrogens with zero attached hydrogens (tertiary/aromatic N) is 1. The molecule has 0 saturated heterocycles. The van der Waals surface area contributed by atoms with Gasteiger partial charge in [0.05, 0.1) is 6.57 Å². The number of benzene rings is 1. The molecule has 0 unspecified atom stereocenters. The summed E-state index contributed by atoms with van der Waals surface area (Å²) in [6, 6.07) is 6.03. The molecule has 0 N–H and O–H groups in total. The third kappa shape index (κ3) is 0.914. The van der Waals surface area contributed by atoms with Gasteiger partial charge in [0.2, 0.25) is 0 Å². The van der Waals surface area contributed by atoms with Gasteiger partial charge in [0.25, 0.3) is 0 Å². The van der Waals surface area contributed by atoms with Crippen LogP contribution in [0.1, 0.15) is 17.5 Å². The predicted octanol–water partition coefficient (Wildman–Crippen LogP) is 2.73. The first-order chi connectivity index (χ1) is 5.42. The average molecular weight is 143 g/mol. The highest BCUT2D eigenvalue weighted by atomic mass is 14.6. The van der Waals surface area contributed by atoms with Crippen LogP contribution < -0.4 is 0 Å². The molecule has 0 aromatic heterocycles. The molecule has 0 heterocycles. The van der Waals surface area contributed by atoms with Gasteiger partial charge in [-0.15, -0.1) is 0 Å². The molecule has 1 aliphatic rings. The predicted molar refractivity (Wildman–Crippen MR) is 44.7 cm³/mol. The van der Waals surface area contributed by atoms with E-state index in [1.807, 2.05) is 12.1 Å². The Morgan fingerprint density at radius 2 is 2.18 bits per heavy atom. The van der Waals surface area contributed by atoms with Crippen molar-refractivity contribution in [3.05, 3.63) is 40.7 Å². The fourth-order valence-electron chi connectivity index (χ4n) is 1.70. The molecule has 1 aromatic carbocycles. The summed E-state index contributed by atoms with van der Waals surface area (Å²) in [5.74, 6) is 0. The molecule has 0 amide bonds. The summed E-state index contributed by atoms with van der Waals surface area (Å²) in [4.78, 5) is 3.49. The number of rotatable bonds is 0. The maximum absolute atomic E-state index is 6.94. The second-order valence-electron chi connectivity index (χ2n) is 2.88. The zero-order valence-corrected chi connectivity index (χ0v) is 6.30. The monoisotopic (exact) mass is 143 g/mol. The summed E-state index contributed by atoms with van der Waals surface area (Å²) in [7, 11) is 0. The van der Waals surface area contributed by atoms with Crippen molar-refractivity contribution in [1.82, 2.24) is 0 Å². The summed E-state index contributed by atoms with van der Waals surface area (Å²) in [6.45, 7) is 6.94. The minimum atomic E-state index is 0.861. The highest BCUT2D eigenvalue weighted by Gasteiger charge is 2.13. The summed E-state index contributed by atoms with van der Waals surface area (Å²) < 4.78 is 0. The summed E-state index contributed by atoms with van der Waals surface area (Å²) in [6.07, 6.45) is 3.49. The fourth-order valence-corrected chi connectivity index (χ4v) is 1.70. The second kappa shape index (κ2) is 2.39. The third-order valence-corrected chi connectivity index (χ3v) is 2.24. The first-order valence-electron chi connectivity index (χ1n) is 3.90. The van der Waals surface area contributed by atoms with Crippen molar-refractivity contribution in [2.24, 2.45) is 0 Å². The van der Waals surface area contributed by atoms with E-state index in [4.69, 9.17) is 6.57 Å². The van der Waals surface area contributed by atoms with E-state index in [1.165, 1.54) is 24.0 Å². The quantitative estimate of drug-likeness (QED) is 0.492. The molecule has 0 atom stereocenters. The minimum Gasteiger partial charge on any atom is -0.238 e. The van der Waals surface area contributed by atoms with Gasteiger partial charge in [0.15, 0.2) is 5.69 Å². The van der Waals surface area contributed by atoms with Crippen molar-refractivity contribution in [2.45, 2.75) is 19.3 Å². The molecular weight excluding hydrogens is 134 g/mol. The van der Waals surface area contributed by atoms with E-state index < -0.39 is 0 Å². The van der Waals surface area contributed by atoms with E-state index in [0.29, 0.717) is 0 Å². The van der Waals surface area contributed by atoms with Crippen LogP contribution in [0.4, 0.5) is 5.69 Å². The van der Waals surface area contributed by atoms with Gasteiger partial charge in [-0.3, -0.25) is 0 Å². The van der Waals surface area contributed by atoms with Crippen molar-refractivity contribution >= 4 is 5.69 Å². The Labute approximate surface area is 66.5 Å². The second-order valence-corrected chi connectivity index (χ2v) is 2.88. The topological polar surface area (TPSA) is 4.36 Å². The van der Waals surface area contributed by atoms with E-state index in [2.05, 4.69) is 10.9 Å². The van der Waals surface area contributed by atoms with Crippen LogP contribution in [0, 0.1) is 6.57 Å². The number of hydrogen-bond donors (Lipinski definition) is 0. The maximum atomic E-state index is 6.94. The Morgan fingerprint density at radius 3 is 3.00 bits per heavy atom. The Kier molecular flexibility index (Phi) is 1.40. The van der Waals surface area contributed by atoms with Crippen molar-refractivity contribution in [2.75, 3.05) is 0 Å². The zero-order valence-electron chi connectivity index (χ0n) is 6.30. The van der Waals surface area contributed by atoms with Crippen molar-refractivity contribution in [3.8, 4) is 0 Å². The normalized spacial score (nSPS) is 14.1. The van der Waals surface area contributed by atoms with E-state index in [1.54, 1.807) is 0 Å². The van der Waals surface area contributed by atoms with Gasteiger partial charge >= 0.3 is 0 Å². The van der Waals surface area contributed by atoms with Crippen molar-refractivity contribution < 1.29 is 0 Å². The molecule has 1 aromatic rings. The molecule has 1 aliphatic carbocycles. The lowest BCUT2D eigenvalue weighted by molar-refractivity contribution is 0.912. The van der Waals surface area contributed by atoms with E-state index in [0.717, 1.165) is 12.1 Å². The van der Waals surface area contributed by atoms with Gasteiger partial charge in [0.1, 0.15) is 0 Å². The Hall–Kier alpha value is -1.29. The molecule has 0 radical (unpaired) electrons. The molecule has 2 rings (SSSR count). The number of aryl methyl sites for hydroxylation is 1. The van der Waals surface area contributed by atoms with Crippen molar-refractivity contribution in [3.63, 3.8) is 0 Å². The van der Waals surface area contributed by atoms with E-state index in [-0.39, 0.29) is 0 Å². The van der Waals surface area contributed by atoms with Crippen LogP contribution in [0.3, 0.4) is 0 Å². The fraction of sp³-hybridized carbons (Fsp3) is 0.300. The standard InChI is InChI=1S/C10H9N/c1-11-10-7-3-5-8-4-2-6-9(8)10/h3,5,7H,2,4,6H2. The van der Waals surface area contributed by atoms with Crippen LogP contribution in [0.5, 0.6) is 0 Å². The van der Waals surface area contributed by atoms with Gasteiger partial charge in [0, 0.05) is 0 Å². The van der Waals surface area contributed by atoms with Gasteiger partial charge in [-0.1, -0.05) is 23.8 Å². The molecule has 0 aliphatic heterocycles.